The van der Waals surface area contributed by atoms with Gasteiger partial charge in [-0.15, -0.1) is 0 Å². The second-order valence-electron chi connectivity index (χ2n) is 10.4. The number of hydrogen-bond donors (Lipinski definition) is 1. The summed E-state index contributed by atoms with van der Waals surface area (Å²) in [6.45, 7) is 15.3. The first-order valence-corrected chi connectivity index (χ1v) is 10.9. The zero-order valence-electron chi connectivity index (χ0n) is 19.7. The molecule has 0 aliphatic carbocycles. The van der Waals surface area contributed by atoms with Crippen LogP contribution in [0.3, 0.4) is 0 Å². The van der Waals surface area contributed by atoms with Crippen LogP contribution in [0.2, 0.25) is 0 Å². The predicted molar refractivity (Wildman–Crippen MR) is 126 cm³/mol. The molecule has 0 atom stereocenters. The monoisotopic (exact) mass is 422 g/mol. The fraction of sp³-hybridized carbons (Fsp3) is 0.462. The number of hydrogen-bond acceptors (Lipinski definition) is 3. The van der Waals surface area contributed by atoms with E-state index in [1.54, 1.807) is 6.07 Å². The van der Waals surface area contributed by atoms with E-state index < -0.39 is 5.41 Å². The normalized spacial score (nSPS) is 15.9. The number of ether oxygens (including phenoxy) is 1. The van der Waals surface area contributed by atoms with E-state index in [-0.39, 0.29) is 17.2 Å². The van der Waals surface area contributed by atoms with Crippen molar-refractivity contribution in [1.82, 2.24) is 0 Å². The fourth-order valence-electron chi connectivity index (χ4n) is 3.60. The van der Waals surface area contributed by atoms with Gasteiger partial charge in [-0.2, -0.15) is 0 Å². The number of carbonyl (C=O) groups is 2. The molecule has 31 heavy (non-hydrogen) atoms. The molecule has 1 aliphatic rings. The Bertz CT molecular complexity index is 969. The summed E-state index contributed by atoms with van der Waals surface area (Å²) in [7, 11) is 0. The van der Waals surface area contributed by atoms with Gasteiger partial charge in [0.1, 0.15) is 12.4 Å². The van der Waals surface area contributed by atoms with Crippen LogP contribution in [0.1, 0.15) is 64.4 Å². The zero-order valence-corrected chi connectivity index (χ0v) is 19.7. The molecule has 0 spiro atoms. The lowest BCUT2D eigenvalue weighted by Crippen LogP contribution is -2.43. The van der Waals surface area contributed by atoms with Gasteiger partial charge in [0.25, 0.3) is 5.91 Å². The van der Waals surface area contributed by atoms with Crippen LogP contribution in [0.15, 0.2) is 42.5 Å². The molecule has 0 saturated heterocycles. The minimum absolute atomic E-state index is 0.0381. The Balaban J connectivity index is 1.85. The van der Waals surface area contributed by atoms with E-state index in [0.717, 1.165) is 5.69 Å². The van der Waals surface area contributed by atoms with E-state index in [0.29, 0.717) is 36.1 Å². The Morgan fingerprint density at radius 2 is 1.77 bits per heavy atom. The van der Waals surface area contributed by atoms with Crippen molar-refractivity contribution in [3.63, 3.8) is 0 Å². The van der Waals surface area contributed by atoms with E-state index in [2.05, 4.69) is 39.9 Å². The van der Waals surface area contributed by atoms with Crippen molar-refractivity contribution in [2.45, 2.75) is 53.9 Å². The third-order valence-corrected chi connectivity index (χ3v) is 5.48. The minimum Gasteiger partial charge on any atom is -0.490 e. The smallest absolute Gasteiger partial charge is 0.255 e. The highest BCUT2D eigenvalue weighted by Gasteiger charge is 2.38. The Kier molecular flexibility index (Phi) is 6.17. The molecule has 0 radical (unpaired) electrons. The second kappa shape index (κ2) is 8.37. The fourth-order valence-corrected chi connectivity index (χ4v) is 3.60. The van der Waals surface area contributed by atoms with Crippen molar-refractivity contribution in [3.05, 3.63) is 53.6 Å². The Morgan fingerprint density at radius 1 is 1.13 bits per heavy atom. The average molecular weight is 423 g/mol. The van der Waals surface area contributed by atoms with Crippen LogP contribution in [0, 0.1) is 11.3 Å². The highest BCUT2D eigenvalue weighted by Crippen LogP contribution is 2.38. The highest BCUT2D eigenvalue weighted by molar-refractivity contribution is 6.05. The summed E-state index contributed by atoms with van der Waals surface area (Å²) in [6.07, 6.45) is 0. The minimum atomic E-state index is -0.619. The average Bonchev–Trinajstić information content (AvgIpc) is 2.77. The molecule has 1 heterocycles. The maximum atomic E-state index is 13.1. The summed E-state index contributed by atoms with van der Waals surface area (Å²) >= 11 is 0. The maximum Gasteiger partial charge on any atom is 0.255 e. The molecule has 0 fully saturated rings. The molecule has 1 aliphatic heterocycles. The van der Waals surface area contributed by atoms with Crippen molar-refractivity contribution in [2.75, 3.05) is 23.4 Å². The molecule has 5 nitrogen and oxygen atoms in total. The Morgan fingerprint density at radius 3 is 2.35 bits per heavy atom. The van der Waals surface area contributed by atoms with Crippen molar-refractivity contribution in [3.8, 4) is 5.75 Å². The van der Waals surface area contributed by atoms with Gasteiger partial charge in [-0.05, 0) is 55.0 Å². The quantitative estimate of drug-likeness (QED) is 0.693. The number of carbonyl (C=O) groups excluding carboxylic acids is 2. The number of nitrogens with zero attached hydrogens (tertiary/aromatic N) is 1. The molecular weight excluding hydrogens is 388 g/mol. The first kappa shape index (κ1) is 22.9. The third kappa shape index (κ3) is 5.09. The van der Waals surface area contributed by atoms with Crippen LogP contribution in [-0.2, 0) is 10.2 Å². The lowest BCUT2D eigenvalue weighted by atomic mass is 9.87. The number of nitrogens with one attached hydrogen (secondary N) is 1. The lowest BCUT2D eigenvalue weighted by Gasteiger charge is -2.29. The molecule has 0 saturated carbocycles. The van der Waals surface area contributed by atoms with E-state index >= 15 is 0 Å². The molecule has 3 rings (SSSR count). The van der Waals surface area contributed by atoms with Crippen LogP contribution in [0.4, 0.5) is 11.4 Å². The molecule has 0 unspecified atom stereocenters. The summed E-state index contributed by atoms with van der Waals surface area (Å²) < 4.78 is 6.01. The van der Waals surface area contributed by atoms with Crippen molar-refractivity contribution >= 4 is 23.2 Å². The Labute approximate surface area is 185 Å². The topological polar surface area (TPSA) is 58.6 Å². The van der Waals surface area contributed by atoms with Crippen LogP contribution < -0.4 is 15.0 Å². The molecule has 166 valence electrons. The molecule has 2 aromatic carbocycles. The van der Waals surface area contributed by atoms with Gasteiger partial charge in [-0.25, -0.2) is 0 Å². The van der Waals surface area contributed by atoms with Crippen LogP contribution >= 0.6 is 0 Å². The molecular formula is C26H34N2O3. The highest BCUT2D eigenvalue weighted by atomic mass is 16.5. The summed E-state index contributed by atoms with van der Waals surface area (Å²) in [5.41, 5.74) is 2.58. The summed E-state index contributed by atoms with van der Waals surface area (Å²) in [5, 5.41) is 2.95. The molecule has 0 aromatic heterocycles. The van der Waals surface area contributed by atoms with E-state index in [1.807, 2.05) is 55.1 Å². The van der Waals surface area contributed by atoms with Gasteiger partial charge in [0.15, 0.2) is 0 Å². The first-order valence-electron chi connectivity index (χ1n) is 10.9. The molecule has 0 bridgehead atoms. The number of fused-ring (bicyclic) bond motifs is 1. The number of benzene rings is 2. The predicted octanol–water partition coefficient (Wildman–Crippen LogP) is 5.64. The van der Waals surface area contributed by atoms with Gasteiger partial charge >= 0.3 is 0 Å². The van der Waals surface area contributed by atoms with Crippen molar-refractivity contribution in [2.24, 2.45) is 11.3 Å². The second-order valence-corrected chi connectivity index (χ2v) is 10.4. The largest absolute Gasteiger partial charge is 0.490 e. The van der Waals surface area contributed by atoms with Crippen molar-refractivity contribution in [1.29, 1.82) is 0 Å². The number of anilines is 2. The first-order chi connectivity index (χ1) is 14.4. The van der Waals surface area contributed by atoms with Gasteiger partial charge in [-0.1, -0.05) is 46.8 Å². The number of amides is 2. The van der Waals surface area contributed by atoms with Gasteiger partial charge in [-0.3, -0.25) is 9.59 Å². The molecule has 2 amide bonds. The van der Waals surface area contributed by atoms with Crippen molar-refractivity contribution < 1.29 is 14.3 Å². The Hall–Kier alpha value is -2.82. The van der Waals surface area contributed by atoms with E-state index in [1.165, 1.54) is 5.56 Å². The van der Waals surface area contributed by atoms with Crippen LogP contribution in [0.5, 0.6) is 5.75 Å². The lowest BCUT2D eigenvalue weighted by molar-refractivity contribution is -0.127. The van der Waals surface area contributed by atoms with E-state index in [9.17, 15) is 9.59 Å². The van der Waals surface area contributed by atoms with Crippen LogP contribution in [-0.4, -0.2) is 25.0 Å². The van der Waals surface area contributed by atoms with Gasteiger partial charge < -0.3 is 15.0 Å². The summed E-state index contributed by atoms with van der Waals surface area (Å²) in [5.74, 6) is 0.807. The van der Waals surface area contributed by atoms with Gasteiger partial charge in [0, 0.05) is 23.9 Å². The van der Waals surface area contributed by atoms with Gasteiger partial charge in [0.2, 0.25) is 5.91 Å². The third-order valence-electron chi connectivity index (χ3n) is 5.48. The van der Waals surface area contributed by atoms with Crippen LogP contribution in [0.25, 0.3) is 0 Å². The maximum absolute atomic E-state index is 13.1. The number of rotatable bonds is 4. The standard InChI is InChI=1S/C26H34N2O3/c1-17(2)15-28-21-13-12-20(14-22(21)31-16-26(6,7)24(28)30)27-23(29)18-8-10-19(11-9-18)25(3,4)5/h8-14,17H,15-16H2,1-7H3,(H,27,29). The van der Waals surface area contributed by atoms with Gasteiger partial charge in [0.05, 0.1) is 11.1 Å². The molecule has 5 heteroatoms. The zero-order chi connectivity index (χ0) is 23.0. The summed E-state index contributed by atoms with van der Waals surface area (Å²) in [4.78, 5) is 27.7. The molecule has 1 N–H and O–H groups in total. The summed E-state index contributed by atoms with van der Waals surface area (Å²) in [6, 6.07) is 13.2. The SMILES string of the molecule is CC(C)CN1C(=O)C(C)(C)COc2cc(NC(=O)c3ccc(C(C)(C)C)cc3)ccc21. The van der Waals surface area contributed by atoms with E-state index in [4.69, 9.17) is 4.74 Å². The molecule has 2 aromatic rings.